The van der Waals surface area contributed by atoms with Gasteiger partial charge in [-0.2, -0.15) is 0 Å². The Balaban J connectivity index is 2.04. The van der Waals surface area contributed by atoms with Crippen molar-refractivity contribution in [3.05, 3.63) is 29.3 Å². The Morgan fingerprint density at radius 1 is 1.53 bits per heavy atom. The summed E-state index contributed by atoms with van der Waals surface area (Å²) < 4.78 is 5.60. The first-order chi connectivity index (χ1) is 8.35. The van der Waals surface area contributed by atoms with E-state index < -0.39 is 0 Å². The van der Waals surface area contributed by atoms with E-state index in [1.807, 2.05) is 6.07 Å². The molecule has 0 aliphatic heterocycles. The molecule has 0 bridgehead atoms. The molecule has 1 aliphatic rings. The topological polar surface area (TPSA) is 21.3 Å². The number of aryl methyl sites for hydroxylation is 1. The van der Waals surface area contributed by atoms with E-state index in [4.69, 9.17) is 11.2 Å². The number of benzene rings is 1. The van der Waals surface area contributed by atoms with Gasteiger partial charge in [0.2, 0.25) is 0 Å². The van der Waals surface area contributed by atoms with Gasteiger partial charge in [-0.3, -0.25) is 0 Å². The number of hydrogen-bond acceptors (Lipinski definition) is 2. The molecular formula is C15H19NO. The standard InChI is InChI=1S/C15H19NO/c1-3-5-10-17-13-7-8-14-12(11-13)6-9-15(14)16-4-2/h1,7-8,11,15-16H,4-6,9-10H2,2H3. The van der Waals surface area contributed by atoms with Crippen molar-refractivity contribution in [1.82, 2.24) is 5.32 Å². The zero-order valence-corrected chi connectivity index (χ0v) is 10.3. The summed E-state index contributed by atoms with van der Waals surface area (Å²) in [6, 6.07) is 6.91. The average Bonchev–Trinajstić information content (AvgIpc) is 2.73. The van der Waals surface area contributed by atoms with Gasteiger partial charge < -0.3 is 10.1 Å². The lowest BCUT2D eigenvalue weighted by Gasteiger charge is -2.12. The molecule has 1 aromatic carbocycles. The Kier molecular flexibility index (Phi) is 4.06. The van der Waals surface area contributed by atoms with Crippen LogP contribution < -0.4 is 10.1 Å². The molecule has 0 saturated heterocycles. The molecule has 1 unspecified atom stereocenters. The molecule has 17 heavy (non-hydrogen) atoms. The second-order valence-electron chi connectivity index (χ2n) is 4.31. The number of ether oxygens (including phenoxy) is 1. The zero-order valence-electron chi connectivity index (χ0n) is 10.3. The van der Waals surface area contributed by atoms with E-state index in [1.165, 1.54) is 17.5 Å². The molecule has 1 aromatic rings. The molecule has 1 aliphatic carbocycles. The fourth-order valence-corrected chi connectivity index (χ4v) is 2.37. The predicted molar refractivity (Wildman–Crippen MR) is 70.1 cm³/mol. The van der Waals surface area contributed by atoms with E-state index in [2.05, 4.69) is 30.3 Å². The van der Waals surface area contributed by atoms with E-state index in [0.29, 0.717) is 19.1 Å². The molecule has 90 valence electrons. The molecular weight excluding hydrogens is 210 g/mol. The van der Waals surface area contributed by atoms with Crippen molar-refractivity contribution in [2.24, 2.45) is 0 Å². The SMILES string of the molecule is C#CCCOc1ccc2c(c1)CCC2NCC. The highest BCUT2D eigenvalue weighted by atomic mass is 16.5. The molecule has 0 saturated carbocycles. The van der Waals surface area contributed by atoms with Crippen molar-refractivity contribution in [2.45, 2.75) is 32.2 Å². The molecule has 0 amide bonds. The first-order valence-electron chi connectivity index (χ1n) is 6.27. The highest BCUT2D eigenvalue weighted by molar-refractivity contribution is 5.40. The number of rotatable bonds is 5. The summed E-state index contributed by atoms with van der Waals surface area (Å²) in [5.74, 6) is 3.52. The van der Waals surface area contributed by atoms with Gasteiger partial charge in [-0.15, -0.1) is 12.3 Å². The van der Waals surface area contributed by atoms with Crippen LogP contribution in [0.25, 0.3) is 0 Å². The molecule has 1 N–H and O–H groups in total. The van der Waals surface area contributed by atoms with Crippen LogP contribution in [0.5, 0.6) is 5.75 Å². The Morgan fingerprint density at radius 2 is 2.41 bits per heavy atom. The Bertz CT molecular complexity index is 419. The van der Waals surface area contributed by atoms with Gasteiger partial charge in [0.05, 0.1) is 6.61 Å². The minimum atomic E-state index is 0.523. The van der Waals surface area contributed by atoms with Crippen molar-refractivity contribution in [3.8, 4) is 18.1 Å². The van der Waals surface area contributed by atoms with Gasteiger partial charge in [-0.05, 0) is 42.6 Å². The van der Waals surface area contributed by atoms with Crippen LogP contribution in [-0.4, -0.2) is 13.2 Å². The summed E-state index contributed by atoms with van der Waals surface area (Å²) in [5, 5.41) is 3.51. The quantitative estimate of drug-likeness (QED) is 0.619. The second-order valence-corrected chi connectivity index (χ2v) is 4.31. The summed E-state index contributed by atoms with van der Waals surface area (Å²) in [6.45, 7) is 3.77. The van der Waals surface area contributed by atoms with Crippen LogP contribution >= 0.6 is 0 Å². The lowest BCUT2D eigenvalue weighted by Crippen LogP contribution is -2.18. The lowest BCUT2D eigenvalue weighted by molar-refractivity contribution is 0.327. The molecule has 0 heterocycles. The Morgan fingerprint density at radius 3 is 3.18 bits per heavy atom. The number of terminal acetylenes is 1. The van der Waals surface area contributed by atoms with Crippen LogP contribution in [0.1, 0.15) is 36.9 Å². The van der Waals surface area contributed by atoms with Crippen LogP contribution in [-0.2, 0) is 6.42 Å². The van der Waals surface area contributed by atoms with E-state index in [0.717, 1.165) is 18.7 Å². The Hall–Kier alpha value is -1.46. The van der Waals surface area contributed by atoms with Crippen LogP contribution in [0.3, 0.4) is 0 Å². The molecule has 2 heteroatoms. The summed E-state index contributed by atoms with van der Waals surface area (Å²) in [5.41, 5.74) is 2.84. The maximum absolute atomic E-state index is 5.60. The number of hydrogen-bond donors (Lipinski definition) is 1. The molecule has 0 aromatic heterocycles. The van der Waals surface area contributed by atoms with Gasteiger partial charge in [0, 0.05) is 12.5 Å². The first kappa shape index (κ1) is 12.0. The van der Waals surface area contributed by atoms with E-state index >= 15 is 0 Å². The highest BCUT2D eigenvalue weighted by Crippen LogP contribution is 2.33. The van der Waals surface area contributed by atoms with E-state index in [-0.39, 0.29) is 0 Å². The monoisotopic (exact) mass is 229 g/mol. The Labute approximate surface area is 103 Å². The number of fused-ring (bicyclic) bond motifs is 1. The molecule has 0 fully saturated rings. The van der Waals surface area contributed by atoms with E-state index in [1.54, 1.807) is 0 Å². The average molecular weight is 229 g/mol. The minimum absolute atomic E-state index is 0.523. The van der Waals surface area contributed by atoms with Crippen LogP contribution in [0.2, 0.25) is 0 Å². The normalized spacial score (nSPS) is 17.5. The first-order valence-corrected chi connectivity index (χ1v) is 6.27. The third-order valence-corrected chi connectivity index (χ3v) is 3.16. The molecule has 1 atom stereocenters. The fraction of sp³-hybridized carbons (Fsp3) is 0.467. The van der Waals surface area contributed by atoms with Gasteiger partial charge in [0.25, 0.3) is 0 Å². The van der Waals surface area contributed by atoms with Gasteiger partial charge in [0.15, 0.2) is 0 Å². The van der Waals surface area contributed by atoms with Crippen molar-refractivity contribution in [2.75, 3.05) is 13.2 Å². The van der Waals surface area contributed by atoms with Gasteiger partial charge in [-0.25, -0.2) is 0 Å². The third-order valence-electron chi connectivity index (χ3n) is 3.16. The smallest absolute Gasteiger partial charge is 0.119 e. The summed E-state index contributed by atoms with van der Waals surface area (Å²) in [6.07, 6.45) is 8.19. The van der Waals surface area contributed by atoms with Gasteiger partial charge >= 0.3 is 0 Å². The maximum atomic E-state index is 5.60. The summed E-state index contributed by atoms with van der Waals surface area (Å²) in [4.78, 5) is 0. The second kappa shape index (κ2) is 5.75. The molecule has 2 rings (SSSR count). The van der Waals surface area contributed by atoms with Crippen molar-refractivity contribution in [3.63, 3.8) is 0 Å². The maximum Gasteiger partial charge on any atom is 0.119 e. The zero-order chi connectivity index (χ0) is 12.1. The molecule has 0 spiro atoms. The van der Waals surface area contributed by atoms with Crippen LogP contribution in [0.15, 0.2) is 18.2 Å². The molecule has 2 nitrogen and oxygen atoms in total. The van der Waals surface area contributed by atoms with Crippen molar-refractivity contribution < 1.29 is 4.74 Å². The summed E-state index contributed by atoms with van der Waals surface area (Å²) >= 11 is 0. The molecule has 0 radical (unpaired) electrons. The van der Waals surface area contributed by atoms with Gasteiger partial charge in [0.1, 0.15) is 5.75 Å². The summed E-state index contributed by atoms with van der Waals surface area (Å²) in [7, 11) is 0. The predicted octanol–water partition coefficient (Wildman–Crippen LogP) is 2.69. The lowest BCUT2D eigenvalue weighted by atomic mass is 10.1. The van der Waals surface area contributed by atoms with Crippen LogP contribution in [0.4, 0.5) is 0 Å². The third kappa shape index (κ3) is 2.81. The fourth-order valence-electron chi connectivity index (χ4n) is 2.37. The number of nitrogens with one attached hydrogen (secondary N) is 1. The van der Waals surface area contributed by atoms with Crippen molar-refractivity contribution in [1.29, 1.82) is 0 Å². The van der Waals surface area contributed by atoms with Crippen molar-refractivity contribution >= 4 is 0 Å². The largest absolute Gasteiger partial charge is 0.493 e. The van der Waals surface area contributed by atoms with Crippen LogP contribution in [0, 0.1) is 12.3 Å². The minimum Gasteiger partial charge on any atom is -0.493 e. The highest BCUT2D eigenvalue weighted by Gasteiger charge is 2.21. The van der Waals surface area contributed by atoms with Gasteiger partial charge in [-0.1, -0.05) is 13.0 Å². The van der Waals surface area contributed by atoms with E-state index in [9.17, 15) is 0 Å².